The van der Waals surface area contributed by atoms with Gasteiger partial charge in [0.25, 0.3) is 5.91 Å². The van der Waals surface area contributed by atoms with Gasteiger partial charge in [0.05, 0.1) is 50.2 Å². The number of aliphatic hydroxyl groups is 1. The lowest BCUT2D eigenvalue weighted by atomic mass is 9.82. The van der Waals surface area contributed by atoms with Crippen LogP contribution in [0.25, 0.3) is 21.8 Å². The van der Waals surface area contributed by atoms with Crippen LogP contribution in [0.1, 0.15) is 48.4 Å². The number of amides is 4. The van der Waals surface area contributed by atoms with Crippen LogP contribution < -0.4 is 15.5 Å². The van der Waals surface area contributed by atoms with E-state index in [-0.39, 0.29) is 62.1 Å². The second-order valence-corrected chi connectivity index (χ2v) is 21.6. The molecule has 4 amide bonds. The molecule has 0 saturated carbocycles. The van der Waals surface area contributed by atoms with Crippen LogP contribution in [-0.2, 0) is 48.9 Å². The van der Waals surface area contributed by atoms with Gasteiger partial charge in [-0.25, -0.2) is 0 Å². The Labute approximate surface area is 360 Å². The highest BCUT2D eigenvalue weighted by Gasteiger charge is 2.66. The molecule has 2 saturated heterocycles. The summed E-state index contributed by atoms with van der Waals surface area (Å²) >= 11 is 0. The zero-order valence-corrected chi connectivity index (χ0v) is 36.1. The highest BCUT2D eigenvalue weighted by atomic mass is 28.4. The van der Waals surface area contributed by atoms with Gasteiger partial charge in [0, 0.05) is 69.1 Å². The van der Waals surface area contributed by atoms with Gasteiger partial charge in [-0.15, -0.1) is 0 Å². The Morgan fingerprint density at radius 1 is 0.855 bits per heavy atom. The molecule has 5 atom stereocenters. The molecular weight excluding hydrogens is 801 g/mol. The first-order valence-corrected chi connectivity index (χ1v) is 24.4. The Balaban J connectivity index is 1.02. The van der Waals surface area contributed by atoms with E-state index in [1.165, 1.54) is 0 Å². The molecule has 6 N–H and O–H groups in total. The summed E-state index contributed by atoms with van der Waals surface area (Å²) in [5.41, 5.74) is 4.53. The van der Waals surface area contributed by atoms with Gasteiger partial charge in [0.1, 0.15) is 0 Å². The number of hydrogen-bond donors (Lipinski definition) is 6. The number of aromatic nitrogens is 2. The molecular formula is C48H52N6O7Si. The number of aliphatic hydroxyl groups excluding tert-OH is 1. The fraction of sp³-hybridized carbons (Fsp3) is 0.333. The maximum Gasteiger partial charge on any atom is 0.264 e. The average Bonchev–Trinajstić information content (AvgIpc) is 4.07. The number of carbonyl (C=O) groups excluding carboxylic acids is 4. The van der Waals surface area contributed by atoms with Crippen LogP contribution in [0.2, 0.25) is 18.6 Å². The zero-order chi connectivity index (χ0) is 43.3. The third kappa shape index (κ3) is 7.50. The van der Waals surface area contributed by atoms with Crippen LogP contribution >= 0.6 is 0 Å². The molecule has 2 aromatic heterocycles. The molecule has 0 radical (unpaired) electrons. The van der Waals surface area contributed by atoms with Crippen LogP contribution in [0.15, 0.2) is 103 Å². The quantitative estimate of drug-likeness (QED) is 0.0739. The maximum atomic E-state index is 15.3. The lowest BCUT2D eigenvalue weighted by Gasteiger charge is -2.33. The summed E-state index contributed by atoms with van der Waals surface area (Å²) in [6.45, 7) is 6.09. The number of aromatic amines is 2. The van der Waals surface area contributed by atoms with E-state index in [1.54, 1.807) is 21.9 Å². The normalized spacial score (nSPS) is 22.2. The number of H-pyrrole nitrogens is 2. The van der Waals surface area contributed by atoms with Crippen molar-refractivity contribution in [3.8, 4) is 0 Å². The number of likely N-dealkylation sites (tertiary alicyclic amines) is 1. The monoisotopic (exact) mass is 852 g/mol. The molecule has 320 valence electrons. The lowest BCUT2D eigenvalue weighted by Crippen LogP contribution is -2.46. The Bertz CT molecular complexity index is 2700. The molecule has 9 rings (SSSR count). The van der Waals surface area contributed by atoms with Crippen molar-refractivity contribution >= 4 is 70.8 Å². The van der Waals surface area contributed by atoms with Gasteiger partial charge in [-0.05, 0) is 85.1 Å². The van der Waals surface area contributed by atoms with Crippen molar-refractivity contribution < 1.29 is 33.8 Å². The minimum atomic E-state index is -3.11. The minimum Gasteiger partial charge on any atom is -0.432 e. The van der Waals surface area contributed by atoms with E-state index in [2.05, 4.69) is 20.6 Å². The molecule has 13 nitrogen and oxygen atoms in total. The van der Waals surface area contributed by atoms with Gasteiger partial charge >= 0.3 is 0 Å². The van der Waals surface area contributed by atoms with Crippen molar-refractivity contribution in [2.75, 3.05) is 28.7 Å². The predicted molar refractivity (Wildman–Crippen MR) is 241 cm³/mol. The standard InChI is InChI=1S/C48H52N6O7Si/c1-29-46(62(2,3)60)42(24-45(58)53-19-9-12-35(53)28-55)61-48(29)38-23-34(52-44(57)22-32-26-50-40-16-7-5-14-37(32)40)17-18-41(38)54(47(48)59)27-30-10-8-11-33(20-30)51-43(56)21-31-25-49-39-15-6-4-13-36(31)39/h4-8,10-11,13-18,20,23,25-26,29,35,42,46,49-50,55,60H,9,12,19,21-22,24,27-28H2,1-3H3,(H,51,56)(H,52,57)/t29-,35-,42+,46-,48+/m0/s1. The van der Waals surface area contributed by atoms with E-state index in [0.717, 1.165) is 44.9 Å². The molecule has 14 heteroatoms. The molecule has 3 aliphatic heterocycles. The molecule has 0 aliphatic carbocycles. The number of anilines is 3. The number of fused-ring (bicyclic) bond motifs is 4. The average molecular weight is 853 g/mol. The van der Waals surface area contributed by atoms with Crippen molar-refractivity contribution in [1.29, 1.82) is 0 Å². The van der Waals surface area contributed by atoms with Gasteiger partial charge in [0.15, 0.2) is 13.9 Å². The highest BCUT2D eigenvalue weighted by Crippen LogP contribution is 2.60. The maximum absolute atomic E-state index is 15.3. The van der Waals surface area contributed by atoms with Crippen molar-refractivity contribution in [3.63, 3.8) is 0 Å². The van der Waals surface area contributed by atoms with Gasteiger partial charge in [-0.1, -0.05) is 55.5 Å². The first-order chi connectivity index (χ1) is 29.8. The number of nitrogens with zero attached hydrogens (tertiary/aromatic N) is 2. The summed E-state index contributed by atoms with van der Waals surface area (Å²) in [6, 6.07) is 28.2. The van der Waals surface area contributed by atoms with Gasteiger partial charge < -0.3 is 45.0 Å². The van der Waals surface area contributed by atoms with Crippen LogP contribution in [-0.4, -0.2) is 82.0 Å². The summed E-state index contributed by atoms with van der Waals surface area (Å²) in [5, 5.41) is 18.1. The number of nitrogens with one attached hydrogen (secondary N) is 4. The van der Waals surface area contributed by atoms with E-state index in [4.69, 9.17) is 4.74 Å². The van der Waals surface area contributed by atoms with E-state index in [9.17, 15) is 24.3 Å². The van der Waals surface area contributed by atoms with Crippen LogP contribution in [0, 0.1) is 5.92 Å². The lowest BCUT2D eigenvalue weighted by molar-refractivity contribution is -0.150. The SMILES string of the molecule is C[C@H]1[C@H]([Si](C)(C)O)[C@@H](CC(=O)N2CCC[C@H]2CO)O[C@]12C(=O)N(Cc1cccc(NC(=O)Cc3c[nH]c4ccccc34)c1)c1ccc(NC(=O)Cc3c[nH]c4ccccc34)cc12. The largest absolute Gasteiger partial charge is 0.432 e. The molecule has 1 spiro atoms. The zero-order valence-electron chi connectivity index (χ0n) is 35.1. The fourth-order valence-electron chi connectivity index (χ4n) is 10.4. The predicted octanol–water partition coefficient (Wildman–Crippen LogP) is 6.73. The van der Waals surface area contributed by atoms with E-state index in [0.29, 0.717) is 35.6 Å². The Morgan fingerprint density at radius 2 is 1.48 bits per heavy atom. The molecule has 62 heavy (non-hydrogen) atoms. The third-order valence-corrected chi connectivity index (χ3v) is 15.7. The number of benzene rings is 4. The second kappa shape index (κ2) is 16.3. The summed E-state index contributed by atoms with van der Waals surface area (Å²) in [5.74, 6) is -1.47. The molecule has 0 unspecified atom stereocenters. The topological polar surface area (TPSA) is 180 Å². The van der Waals surface area contributed by atoms with Crippen LogP contribution in [0.3, 0.4) is 0 Å². The number of ether oxygens (including phenoxy) is 1. The number of rotatable bonds is 12. The summed E-state index contributed by atoms with van der Waals surface area (Å²) in [6.07, 6.45) is 4.66. The fourth-order valence-corrected chi connectivity index (χ4v) is 13.0. The van der Waals surface area contributed by atoms with Gasteiger partial charge in [-0.3, -0.25) is 19.2 Å². The Morgan fingerprint density at radius 3 is 2.11 bits per heavy atom. The Hall–Kier alpha value is -6.06. The molecule has 4 aromatic carbocycles. The van der Waals surface area contributed by atoms with Crippen LogP contribution in [0.5, 0.6) is 0 Å². The van der Waals surface area contributed by atoms with Crippen molar-refractivity contribution in [2.45, 2.75) is 82.0 Å². The Kier molecular flexibility index (Phi) is 10.9. The van der Waals surface area contributed by atoms with Crippen molar-refractivity contribution in [1.82, 2.24) is 14.9 Å². The van der Waals surface area contributed by atoms with Crippen molar-refractivity contribution in [3.05, 3.63) is 126 Å². The summed E-state index contributed by atoms with van der Waals surface area (Å²) in [7, 11) is -3.11. The first-order valence-electron chi connectivity index (χ1n) is 21.4. The number of carbonyl (C=O) groups is 4. The van der Waals surface area contributed by atoms with Gasteiger partial charge in [0.2, 0.25) is 17.7 Å². The molecule has 6 aromatic rings. The molecule has 5 heterocycles. The van der Waals surface area contributed by atoms with Gasteiger partial charge in [-0.2, -0.15) is 0 Å². The minimum absolute atomic E-state index is 0.0474. The smallest absolute Gasteiger partial charge is 0.264 e. The molecule has 3 aliphatic rings. The summed E-state index contributed by atoms with van der Waals surface area (Å²) < 4.78 is 7.01. The van der Waals surface area contributed by atoms with Crippen LogP contribution in [0.4, 0.5) is 17.1 Å². The highest BCUT2D eigenvalue weighted by molar-refractivity contribution is 6.71. The molecule has 0 bridgehead atoms. The van der Waals surface area contributed by atoms with E-state index >= 15 is 4.79 Å². The summed E-state index contributed by atoms with van der Waals surface area (Å²) in [4.78, 5) is 77.9. The second-order valence-electron chi connectivity index (χ2n) is 17.6. The first kappa shape index (κ1) is 41.3. The number of para-hydroxylation sites is 2. The van der Waals surface area contributed by atoms with E-state index in [1.807, 2.05) is 111 Å². The van der Waals surface area contributed by atoms with Crippen molar-refractivity contribution in [2.24, 2.45) is 5.92 Å². The molecule has 2 fully saturated rings. The number of hydrogen-bond acceptors (Lipinski definition) is 7. The van der Waals surface area contributed by atoms with E-state index < -0.39 is 31.5 Å². The third-order valence-electron chi connectivity index (χ3n) is 13.2.